The molecule has 0 spiro atoms. The van der Waals surface area contributed by atoms with Gasteiger partial charge in [-0.25, -0.2) is 4.79 Å². The molecule has 0 saturated heterocycles. The first-order valence-corrected chi connectivity index (χ1v) is 6.15. The van der Waals surface area contributed by atoms with Gasteiger partial charge in [0.25, 0.3) is 0 Å². The van der Waals surface area contributed by atoms with Crippen molar-refractivity contribution >= 4 is 32.7 Å². The van der Waals surface area contributed by atoms with Gasteiger partial charge >= 0.3 is 5.69 Å². The second-order valence-electron chi connectivity index (χ2n) is 3.89. The lowest BCUT2D eigenvalue weighted by Gasteiger charge is -2.07. The average molecular weight is 308 g/mol. The Hall–Kier alpha value is -2.02. The molecule has 0 aliphatic rings. The standard InChI is InChI=1S/C11H10BrN5O/c12-7-3-9-10(16-11(18)15-9)4-8(7)13-5-6-1-2-14-17-6/h1-4,13H,5H2,(H,14,17)(H2,15,16,18). The summed E-state index contributed by atoms with van der Waals surface area (Å²) in [6, 6.07) is 5.65. The van der Waals surface area contributed by atoms with E-state index in [1.807, 2.05) is 18.2 Å². The lowest BCUT2D eigenvalue weighted by Crippen LogP contribution is -2.00. The molecule has 0 radical (unpaired) electrons. The Morgan fingerprint density at radius 3 is 2.78 bits per heavy atom. The molecule has 0 unspecified atom stereocenters. The molecule has 2 heterocycles. The van der Waals surface area contributed by atoms with E-state index in [0.29, 0.717) is 6.54 Å². The van der Waals surface area contributed by atoms with Crippen LogP contribution in [0, 0.1) is 0 Å². The number of aromatic nitrogens is 4. The molecule has 3 aromatic rings. The third-order valence-electron chi connectivity index (χ3n) is 2.63. The van der Waals surface area contributed by atoms with Crippen LogP contribution >= 0.6 is 15.9 Å². The summed E-state index contributed by atoms with van der Waals surface area (Å²) in [5.74, 6) is 0. The number of benzene rings is 1. The maximum atomic E-state index is 11.2. The van der Waals surface area contributed by atoms with Crippen LogP contribution < -0.4 is 11.0 Å². The number of H-pyrrole nitrogens is 3. The normalized spacial score (nSPS) is 10.9. The van der Waals surface area contributed by atoms with E-state index >= 15 is 0 Å². The van der Waals surface area contributed by atoms with Crippen LogP contribution in [0.3, 0.4) is 0 Å². The third kappa shape index (κ3) is 2.04. The number of halogens is 1. The van der Waals surface area contributed by atoms with Crippen molar-refractivity contribution in [3.63, 3.8) is 0 Å². The van der Waals surface area contributed by atoms with Crippen molar-refractivity contribution in [3.05, 3.63) is 45.0 Å². The zero-order valence-electron chi connectivity index (χ0n) is 9.25. The van der Waals surface area contributed by atoms with E-state index in [4.69, 9.17) is 0 Å². The Bertz CT molecular complexity index is 728. The van der Waals surface area contributed by atoms with E-state index < -0.39 is 0 Å². The molecule has 0 aliphatic heterocycles. The molecule has 1 aromatic carbocycles. The molecule has 3 rings (SSSR count). The van der Waals surface area contributed by atoms with E-state index in [-0.39, 0.29) is 5.69 Å². The summed E-state index contributed by atoms with van der Waals surface area (Å²) in [6.07, 6.45) is 1.71. The number of hydrogen-bond donors (Lipinski definition) is 4. The number of imidazole rings is 1. The molecular formula is C11H10BrN5O. The summed E-state index contributed by atoms with van der Waals surface area (Å²) >= 11 is 3.47. The van der Waals surface area contributed by atoms with Gasteiger partial charge in [0.2, 0.25) is 0 Å². The van der Waals surface area contributed by atoms with Crippen molar-refractivity contribution in [2.24, 2.45) is 0 Å². The molecule has 6 nitrogen and oxygen atoms in total. The summed E-state index contributed by atoms with van der Waals surface area (Å²) in [4.78, 5) is 16.6. The SMILES string of the molecule is O=c1[nH]c2cc(Br)c(NCc3ccn[nH]3)cc2[nH]1. The van der Waals surface area contributed by atoms with Crippen molar-refractivity contribution < 1.29 is 0 Å². The van der Waals surface area contributed by atoms with Gasteiger partial charge in [-0.1, -0.05) is 0 Å². The van der Waals surface area contributed by atoms with Crippen LogP contribution in [0.1, 0.15) is 5.69 Å². The van der Waals surface area contributed by atoms with Gasteiger partial charge in [0.1, 0.15) is 0 Å². The summed E-state index contributed by atoms with van der Waals surface area (Å²) in [5.41, 5.74) is 3.24. The van der Waals surface area contributed by atoms with Crippen LogP contribution in [0.5, 0.6) is 0 Å². The Labute approximate surface area is 110 Å². The van der Waals surface area contributed by atoms with Gasteiger partial charge in [-0.05, 0) is 34.1 Å². The number of nitrogens with zero attached hydrogens (tertiary/aromatic N) is 1. The maximum absolute atomic E-state index is 11.2. The minimum atomic E-state index is -0.206. The molecule has 7 heteroatoms. The van der Waals surface area contributed by atoms with Crippen LogP contribution in [0.25, 0.3) is 11.0 Å². The molecule has 0 bridgehead atoms. The van der Waals surface area contributed by atoms with Gasteiger partial charge in [0, 0.05) is 10.7 Å². The Morgan fingerprint density at radius 1 is 1.28 bits per heavy atom. The fraction of sp³-hybridized carbons (Fsp3) is 0.0909. The predicted molar refractivity (Wildman–Crippen MR) is 72.5 cm³/mol. The van der Waals surface area contributed by atoms with Gasteiger partial charge in [-0.3, -0.25) is 5.10 Å². The fourth-order valence-corrected chi connectivity index (χ4v) is 2.25. The number of hydrogen-bond acceptors (Lipinski definition) is 3. The van der Waals surface area contributed by atoms with Crippen LogP contribution in [-0.4, -0.2) is 20.2 Å². The van der Waals surface area contributed by atoms with Gasteiger partial charge < -0.3 is 15.3 Å². The zero-order valence-corrected chi connectivity index (χ0v) is 10.8. The van der Waals surface area contributed by atoms with Crippen molar-refractivity contribution in [2.45, 2.75) is 6.54 Å². The van der Waals surface area contributed by atoms with Crippen molar-refractivity contribution in [1.82, 2.24) is 20.2 Å². The van der Waals surface area contributed by atoms with Crippen molar-refractivity contribution in [1.29, 1.82) is 0 Å². The number of anilines is 1. The van der Waals surface area contributed by atoms with Gasteiger partial charge in [0.05, 0.1) is 29.0 Å². The average Bonchev–Trinajstić information content (AvgIpc) is 2.94. The molecule has 92 valence electrons. The summed E-state index contributed by atoms with van der Waals surface area (Å²) in [6.45, 7) is 0.638. The lowest BCUT2D eigenvalue weighted by atomic mass is 10.2. The number of nitrogens with one attached hydrogen (secondary N) is 4. The summed E-state index contributed by atoms with van der Waals surface area (Å²) in [5, 5.41) is 10.0. The summed E-state index contributed by atoms with van der Waals surface area (Å²) < 4.78 is 0.893. The van der Waals surface area contributed by atoms with E-state index in [9.17, 15) is 4.79 Å². The molecule has 0 saturated carbocycles. The highest BCUT2D eigenvalue weighted by molar-refractivity contribution is 9.10. The molecule has 2 aromatic heterocycles. The number of aromatic amines is 3. The summed E-state index contributed by atoms with van der Waals surface area (Å²) in [7, 11) is 0. The lowest BCUT2D eigenvalue weighted by molar-refractivity contribution is 0.981. The Kier molecular flexibility index (Phi) is 2.67. The highest BCUT2D eigenvalue weighted by atomic mass is 79.9. The first-order chi connectivity index (χ1) is 8.72. The Morgan fingerprint density at radius 2 is 2.06 bits per heavy atom. The second kappa shape index (κ2) is 4.34. The second-order valence-corrected chi connectivity index (χ2v) is 4.75. The van der Waals surface area contributed by atoms with E-state index in [0.717, 1.165) is 26.9 Å². The minimum absolute atomic E-state index is 0.206. The van der Waals surface area contributed by atoms with Crippen molar-refractivity contribution in [3.8, 4) is 0 Å². The zero-order chi connectivity index (χ0) is 12.5. The van der Waals surface area contributed by atoms with E-state index in [2.05, 4.69) is 41.4 Å². The highest BCUT2D eigenvalue weighted by Gasteiger charge is 2.05. The fourth-order valence-electron chi connectivity index (χ4n) is 1.77. The quantitative estimate of drug-likeness (QED) is 0.596. The van der Waals surface area contributed by atoms with Crippen molar-refractivity contribution in [2.75, 3.05) is 5.32 Å². The smallest absolute Gasteiger partial charge is 0.323 e. The molecule has 18 heavy (non-hydrogen) atoms. The Balaban J connectivity index is 1.91. The number of rotatable bonds is 3. The largest absolute Gasteiger partial charge is 0.378 e. The highest BCUT2D eigenvalue weighted by Crippen LogP contribution is 2.26. The molecule has 0 aliphatic carbocycles. The predicted octanol–water partition coefficient (Wildman–Crippen LogP) is 1.95. The molecule has 0 amide bonds. The topological polar surface area (TPSA) is 89.4 Å². The van der Waals surface area contributed by atoms with Crippen LogP contribution in [0.2, 0.25) is 0 Å². The first-order valence-electron chi connectivity index (χ1n) is 5.36. The monoisotopic (exact) mass is 307 g/mol. The molecule has 0 fully saturated rings. The van der Waals surface area contributed by atoms with Crippen LogP contribution in [0.4, 0.5) is 5.69 Å². The van der Waals surface area contributed by atoms with E-state index in [1.54, 1.807) is 6.20 Å². The van der Waals surface area contributed by atoms with Gasteiger partial charge in [0.15, 0.2) is 0 Å². The molecular weight excluding hydrogens is 298 g/mol. The minimum Gasteiger partial charge on any atom is -0.378 e. The third-order valence-corrected chi connectivity index (χ3v) is 3.29. The van der Waals surface area contributed by atoms with Gasteiger partial charge in [-0.15, -0.1) is 0 Å². The van der Waals surface area contributed by atoms with Crippen LogP contribution in [-0.2, 0) is 6.54 Å². The van der Waals surface area contributed by atoms with Gasteiger partial charge in [-0.2, -0.15) is 5.10 Å². The molecule has 4 N–H and O–H groups in total. The maximum Gasteiger partial charge on any atom is 0.323 e. The first kappa shape index (κ1) is 11.1. The van der Waals surface area contributed by atoms with E-state index in [1.165, 1.54) is 0 Å². The molecule has 0 atom stereocenters. The number of fused-ring (bicyclic) bond motifs is 1. The van der Waals surface area contributed by atoms with Crippen LogP contribution in [0.15, 0.2) is 33.7 Å².